The first-order chi connectivity index (χ1) is 6.16. The Morgan fingerprint density at radius 3 is 2.77 bits per heavy atom. The van der Waals surface area contributed by atoms with Gasteiger partial charge in [-0.25, -0.2) is 0 Å². The lowest BCUT2D eigenvalue weighted by Crippen LogP contribution is -2.44. The highest BCUT2D eigenvalue weighted by Gasteiger charge is 2.89. The van der Waals surface area contributed by atoms with Gasteiger partial charge in [-0.2, -0.15) is 0 Å². The van der Waals surface area contributed by atoms with Crippen LogP contribution in [0.2, 0.25) is 0 Å². The smallest absolute Gasteiger partial charge is 0.128 e. The summed E-state index contributed by atoms with van der Waals surface area (Å²) in [4.78, 5) is 0. The summed E-state index contributed by atoms with van der Waals surface area (Å²) < 4.78 is 11.3. The molecule has 4 rings (SSSR count). The Kier molecular flexibility index (Phi) is 0.873. The molecule has 2 spiro atoms. The van der Waals surface area contributed by atoms with Gasteiger partial charge in [0.25, 0.3) is 0 Å². The van der Waals surface area contributed by atoms with Gasteiger partial charge in [0.15, 0.2) is 0 Å². The first kappa shape index (κ1) is 7.21. The van der Waals surface area contributed by atoms with Crippen LogP contribution >= 0.6 is 0 Å². The van der Waals surface area contributed by atoms with Crippen LogP contribution in [0.15, 0.2) is 0 Å². The third-order valence-corrected chi connectivity index (χ3v) is 5.05. The van der Waals surface area contributed by atoms with E-state index in [1.807, 2.05) is 0 Å². The molecule has 0 radical (unpaired) electrons. The van der Waals surface area contributed by atoms with Crippen LogP contribution in [0.5, 0.6) is 0 Å². The minimum atomic E-state index is -0.363. The van der Waals surface area contributed by atoms with Gasteiger partial charge in [0.2, 0.25) is 0 Å². The zero-order valence-corrected chi connectivity index (χ0v) is 7.75. The third kappa shape index (κ3) is 0.466. The van der Waals surface area contributed by atoms with Crippen LogP contribution in [0.4, 0.5) is 0 Å². The molecule has 1 N–H and O–H groups in total. The SMILES string of the molecule is CC12CCCC13OC3C(O)[C@@]21CO1. The minimum absolute atomic E-state index is 0.00289. The lowest BCUT2D eigenvalue weighted by Gasteiger charge is -2.32. The summed E-state index contributed by atoms with van der Waals surface area (Å²) in [5.41, 5.74) is -0.112. The second-order valence-electron chi connectivity index (χ2n) is 5.24. The van der Waals surface area contributed by atoms with Gasteiger partial charge >= 0.3 is 0 Å². The van der Waals surface area contributed by atoms with Gasteiger partial charge in [-0.15, -0.1) is 0 Å². The van der Waals surface area contributed by atoms with Gasteiger partial charge in [-0.1, -0.05) is 6.92 Å². The van der Waals surface area contributed by atoms with Crippen LogP contribution in [0.3, 0.4) is 0 Å². The number of aliphatic hydroxyl groups excluding tert-OH is 1. The molecule has 0 bridgehead atoms. The molecule has 3 nitrogen and oxygen atoms in total. The lowest BCUT2D eigenvalue weighted by atomic mass is 9.74. The number of epoxide rings is 2. The van der Waals surface area contributed by atoms with E-state index in [1.54, 1.807) is 0 Å². The molecule has 0 aromatic heterocycles. The third-order valence-electron chi connectivity index (χ3n) is 5.05. The molecule has 4 fully saturated rings. The zero-order chi connectivity index (χ0) is 8.90. The van der Waals surface area contributed by atoms with E-state index in [2.05, 4.69) is 6.92 Å². The van der Waals surface area contributed by atoms with Crippen molar-refractivity contribution in [3.8, 4) is 0 Å². The van der Waals surface area contributed by atoms with Gasteiger partial charge in [-0.3, -0.25) is 0 Å². The van der Waals surface area contributed by atoms with Crippen LogP contribution < -0.4 is 0 Å². The Bertz CT molecular complexity index is 295. The minimum Gasteiger partial charge on any atom is -0.387 e. The number of fused-ring (bicyclic) bond motifs is 1. The summed E-state index contributed by atoms with van der Waals surface area (Å²) in [6.45, 7) is 2.98. The van der Waals surface area contributed by atoms with Gasteiger partial charge in [0.05, 0.1) is 6.61 Å². The molecule has 2 aliphatic carbocycles. The Morgan fingerprint density at radius 1 is 1.31 bits per heavy atom. The molecule has 13 heavy (non-hydrogen) atoms. The van der Waals surface area contributed by atoms with Gasteiger partial charge in [-0.05, 0) is 19.3 Å². The number of aliphatic hydroxyl groups is 1. The molecule has 2 heterocycles. The highest BCUT2D eigenvalue weighted by Crippen LogP contribution is 2.76. The molecule has 4 unspecified atom stereocenters. The normalized spacial score (nSPS) is 72.5. The van der Waals surface area contributed by atoms with E-state index >= 15 is 0 Å². The molecule has 4 aliphatic rings. The molecule has 2 saturated heterocycles. The van der Waals surface area contributed by atoms with Gasteiger partial charge in [0, 0.05) is 5.41 Å². The fourth-order valence-corrected chi connectivity index (χ4v) is 4.06. The second kappa shape index (κ2) is 1.58. The van der Waals surface area contributed by atoms with Crippen molar-refractivity contribution < 1.29 is 14.6 Å². The fraction of sp³-hybridized carbons (Fsp3) is 1.00. The Hall–Kier alpha value is -0.120. The standard InChI is InChI=1S/C10H14O3/c1-8-3-2-4-9(8)7(13-9)6(11)10(8)5-12-10/h6-7,11H,2-5H2,1H3/t6?,7?,8?,9?,10-/m0/s1. The van der Waals surface area contributed by atoms with Crippen molar-refractivity contribution in [1.29, 1.82) is 0 Å². The molecule has 0 amide bonds. The first-order valence-corrected chi connectivity index (χ1v) is 5.16. The van der Waals surface area contributed by atoms with Crippen LogP contribution in [0, 0.1) is 5.41 Å². The molecule has 5 atom stereocenters. The molecule has 3 heteroatoms. The van der Waals surface area contributed by atoms with Gasteiger partial charge < -0.3 is 14.6 Å². The van der Waals surface area contributed by atoms with Crippen molar-refractivity contribution in [2.75, 3.05) is 6.61 Å². The van der Waals surface area contributed by atoms with E-state index in [0.717, 1.165) is 19.4 Å². The van der Waals surface area contributed by atoms with Crippen LogP contribution in [-0.2, 0) is 9.47 Å². The van der Waals surface area contributed by atoms with Crippen molar-refractivity contribution in [3.05, 3.63) is 0 Å². The van der Waals surface area contributed by atoms with Crippen molar-refractivity contribution in [2.45, 2.75) is 49.6 Å². The molecular weight excluding hydrogens is 168 g/mol. The predicted octanol–water partition coefficient (Wildman–Crippen LogP) is 0.458. The Labute approximate surface area is 77.0 Å². The van der Waals surface area contributed by atoms with Gasteiger partial charge in [0.1, 0.15) is 23.4 Å². The Morgan fingerprint density at radius 2 is 2.08 bits per heavy atom. The number of hydrogen-bond donors (Lipinski definition) is 1. The summed E-state index contributed by atoms with van der Waals surface area (Å²) >= 11 is 0. The van der Waals surface area contributed by atoms with Crippen LogP contribution in [0.1, 0.15) is 26.2 Å². The summed E-state index contributed by atoms with van der Waals surface area (Å²) in [7, 11) is 0. The van der Waals surface area contributed by atoms with E-state index < -0.39 is 0 Å². The highest BCUT2D eigenvalue weighted by atomic mass is 16.7. The maximum atomic E-state index is 10.0. The number of rotatable bonds is 0. The summed E-state index contributed by atoms with van der Waals surface area (Å²) in [6, 6.07) is 0. The quantitative estimate of drug-likeness (QED) is 0.553. The topological polar surface area (TPSA) is 45.3 Å². The summed E-state index contributed by atoms with van der Waals surface area (Å²) in [5, 5.41) is 10.0. The molecule has 2 saturated carbocycles. The highest BCUT2D eigenvalue weighted by molar-refractivity contribution is 5.37. The average molecular weight is 182 g/mol. The largest absolute Gasteiger partial charge is 0.387 e. The predicted molar refractivity (Wildman–Crippen MR) is 44.3 cm³/mol. The maximum absolute atomic E-state index is 10.0. The molecule has 0 aromatic carbocycles. The fourth-order valence-electron chi connectivity index (χ4n) is 4.06. The molecular formula is C10H14O3. The number of ether oxygens (including phenoxy) is 2. The molecule has 2 aliphatic heterocycles. The van der Waals surface area contributed by atoms with Crippen LogP contribution in [0.25, 0.3) is 0 Å². The monoisotopic (exact) mass is 182 g/mol. The summed E-state index contributed by atoms with van der Waals surface area (Å²) in [6.07, 6.45) is 3.22. The lowest BCUT2D eigenvalue weighted by molar-refractivity contribution is -0.0358. The van der Waals surface area contributed by atoms with E-state index in [1.165, 1.54) is 6.42 Å². The van der Waals surface area contributed by atoms with Crippen molar-refractivity contribution in [1.82, 2.24) is 0 Å². The van der Waals surface area contributed by atoms with Crippen LogP contribution in [-0.4, -0.2) is 35.1 Å². The van der Waals surface area contributed by atoms with Crippen molar-refractivity contribution in [3.63, 3.8) is 0 Å². The van der Waals surface area contributed by atoms with Crippen molar-refractivity contribution in [2.24, 2.45) is 5.41 Å². The Balaban J connectivity index is 1.91. The van der Waals surface area contributed by atoms with E-state index in [4.69, 9.17) is 9.47 Å². The van der Waals surface area contributed by atoms with E-state index in [9.17, 15) is 5.11 Å². The second-order valence-corrected chi connectivity index (χ2v) is 5.24. The van der Waals surface area contributed by atoms with Crippen molar-refractivity contribution >= 4 is 0 Å². The molecule has 72 valence electrons. The average Bonchev–Trinajstić information content (AvgIpc) is 2.94. The number of hydrogen-bond acceptors (Lipinski definition) is 3. The first-order valence-electron chi connectivity index (χ1n) is 5.16. The zero-order valence-electron chi connectivity index (χ0n) is 7.75. The van der Waals surface area contributed by atoms with E-state index in [0.29, 0.717) is 0 Å². The van der Waals surface area contributed by atoms with E-state index in [-0.39, 0.29) is 28.8 Å². The summed E-state index contributed by atoms with van der Waals surface area (Å²) in [5.74, 6) is 0. The molecule has 0 aromatic rings. The maximum Gasteiger partial charge on any atom is 0.128 e.